The molecule has 2 aromatic rings. The SMILES string of the molecule is CNc1cc(C(=O)NC2CC(C)(C)Oc3cc(OC)ccc32)ccn1. The first kappa shape index (κ1) is 17.1. The molecule has 1 aliphatic rings. The Morgan fingerprint density at radius 3 is 2.84 bits per heavy atom. The van der Waals surface area contributed by atoms with Gasteiger partial charge in [-0.25, -0.2) is 4.98 Å². The van der Waals surface area contributed by atoms with E-state index in [1.165, 1.54) is 0 Å². The molecule has 1 amide bonds. The lowest BCUT2D eigenvalue weighted by atomic mass is 9.89. The maximum atomic E-state index is 12.7. The topological polar surface area (TPSA) is 72.5 Å². The Hall–Kier alpha value is -2.76. The molecule has 3 rings (SSSR count). The standard InChI is InChI=1S/C19H23N3O3/c1-19(2)11-15(14-6-5-13(24-4)10-16(14)25-19)22-18(23)12-7-8-21-17(9-12)20-3/h5-10,15H,11H2,1-4H3,(H,20,21)(H,22,23). The molecule has 0 radical (unpaired) electrons. The van der Waals surface area contributed by atoms with Crippen LogP contribution in [0, 0.1) is 0 Å². The van der Waals surface area contributed by atoms with Crippen molar-refractivity contribution in [3.05, 3.63) is 47.7 Å². The van der Waals surface area contributed by atoms with Gasteiger partial charge in [0.25, 0.3) is 5.91 Å². The van der Waals surface area contributed by atoms with Crippen molar-refractivity contribution >= 4 is 11.7 Å². The summed E-state index contributed by atoms with van der Waals surface area (Å²) >= 11 is 0. The maximum Gasteiger partial charge on any atom is 0.251 e. The number of carbonyl (C=O) groups is 1. The molecule has 0 spiro atoms. The molecule has 0 saturated carbocycles. The summed E-state index contributed by atoms with van der Waals surface area (Å²) in [4.78, 5) is 16.8. The minimum Gasteiger partial charge on any atom is -0.497 e. The van der Waals surface area contributed by atoms with E-state index < -0.39 is 0 Å². The predicted molar refractivity (Wildman–Crippen MR) is 96.3 cm³/mol. The summed E-state index contributed by atoms with van der Waals surface area (Å²) in [6.45, 7) is 4.03. The van der Waals surface area contributed by atoms with E-state index in [1.54, 1.807) is 32.5 Å². The van der Waals surface area contributed by atoms with E-state index in [2.05, 4.69) is 15.6 Å². The molecule has 0 saturated heterocycles. The number of rotatable bonds is 4. The lowest BCUT2D eigenvalue weighted by molar-refractivity contribution is 0.0617. The Bertz CT molecular complexity index is 789. The van der Waals surface area contributed by atoms with E-state index in [0.29, 0.717) is 17.8 Å². The van der Waals surface area contributed by atoms with Crippen LogP contribution in [0.4, 0.5) is 5.82 Å². The van der Waals surface area contributed by atoms with Gasteiger partial charge in [0.2, 0.25) is 0 Å². The first-order chi connectivity index (χ1) is 11.9. The van der Waals surface area contributed by atoms with Crippen molar-refractivity contribution in [3.8, 4) is 11.5 Å². The number of ether oxygens (including phenoxy) is 2. The van der Waals surface area contributed by atoms with E-state index in [9.17, 15) is 4.79 Å². The molecule has 1 unspecified atom stereocenters. The van der Waals surface area contributed by atoms with Crippen LogP contribution in [0.3, 0.4) is 0 Å². The highest BCUT2D eigenvalue weighted by Crippen LogP contribution is 2.41. The van der Waals surface area contributed by atoms with Crippen LogP contribution in [0.2, 0.25) is 0 Å². The van der Waals surface area contributed by atoms with Crippen molar-refractivity contribution in [3.63, 3.8) is 0 Å². The van der Waals surface area contributed by atoms with Gasteiger partial charge in [-0.1, -0.05) is 0 Å². The van der Waals surface area contributed by atoms with Crippen LogP contribution >= 0.6 is 0 Å². The quantitative estimate of drug-likeness (QED) is 0.894. The van der Waals surface area contributed by atoms with Crippen LogP contribution < -0.4 is 20.1 Å². The molecule has 0 fully saturated rings. The fraction of sp³-hybridized carbons (Fsp3) is 0.368. The highest BCUT2D eigenvalue weighted by Gasteiger charge is 2.35. The first-order valence-electron chi connectivity index (χ1n) is 8.23. The monoisotopic (exact) mass is 341 g/mol. The number of methoxy groups -OCH3 is 1. The van der Waals surface area contributed by atoms with Crippen molar-refractivity contribution in [1.29, 1.82) is 0 Å². The normalized spacial score (nSPS) is 17.8. The summed E-state index contributed by atoms with van der Waals surface area (Å²) in [5.74, 6) is 1.99. The summed E-state index contributed by atoms with van der Waals surface area (Å²) in [5.41, 5.74) is 1.14. The molecule has 6 heteroatoms. The molecule has 2 heterocycles. The van der Waals surface area contributed by atoms with E-state index in [1.807, 2.05) is 32.0 Å². The Morgan fingerprint density at radius 1 is 1.32 bits per heavy atom. The second-order valence-electron chi connectivity index (χ2n) is 6.68. The zero-order valence-corrected chi connectivity index (χ0v) is 14.9. The molecule has 132 valence electrons. The molecule has 25 heavy (non-hydrogen) atoms. The third-order valence-corrected chi connectivity index (χ3v) is 4.26. The number of hydrogen-bond acceptors (Lipinski definition) is 5. The first-order valence-corrected chi connectivity index (χ1v) is 8.23. The van der Waals surface area contributed by atoms with Gasteiger partial charge < -0.3 is 20.1 Å². The van der Waals surface area contributed by atoms with Gasteiger partial charge in [-0.05, 0) is 38.1 Å². The van der Waals surface area contributed by atoms with Crippen LogP contribution in [-0.4, -0.2) is 30.6 Å². The fourth-order valence-electron chi connectivity index (χ4n) is 3.04. The molecule has 1 aliphatic heterocycles. The van der Waals surface area contributed by atoms with Gasteiger partial charge >= 0.3 is 0 Å². The van der Waals surface area contributed by atoms with Crippen molar-refractivity contribution in [1.82, 2.24) is 10.3 Å². The second-order valence-corrected chi connectivity index (χ2v) is 6.68. The fourth-order valence-corrected chi connectivity index (χ4v) is 3.04. The van der Waals surface area contributed by atoms with Crippen molar-refractivity contribution in [2.45, 2.75) is 31.9 Å². The zero-order chi connectivity index (χ0) is 18.0. The number of pyridine rings is 1. The highest BCUT2D eigenvalue weighted by molar-refractivity contribution is 5.95. The third kappa shape index (κ3) is 3.68. The van der Waals surface area contributed by atoms with Crippen molar-refractivity contribution < 1.29 is 14.3 Å². The lowest BCUT2D eigenvalue weighted by Crippen LogP contribution is -2.41. The smallest absolute Gasteiger partial charge is 0.251 e. The number of anilines is 1. The van der Waals surface area contributed by atoms with E-state index in [4.69, 9.17) is 9.47 Å². The van der Waals surface area contributed by atoms with E-state index in [0.717, 1.165) is 17.1 Å². The predicted octanol–water partition coefficient (Wildman–Crippen LogP) is 3.16. The van der Waals surface area contributed by atoms with E-state index in [-0.39, 0.29) is 17.6 Å². The second kappa shape index (κ2) is 6.63. The largest absolute Gasteiger partial charge is 0.497 e. The van der Waals surface area contributed by atoms with Gasteiger partial charge in [-0.15, -0.1) is 0 Å². The van der Waals surface area contributed by atoms with Gasteiger partial charge in [0, 0.05) is 36.9 Å². The molecule has 1 aromatic heterocycles. The average Bonchev–Trinajstić information content (AvgIpc) is 2.60. The van der Waals surface area contributed by atoms with Gasteiger partial charge in [0.05, 0.1) is 13.2 Å². The van der Waals surface area contributed by atoms with Crippen LogP contribution in [0.25, 0.3) is 0 Å². The molecular formula is C19H23N3O3. The van der Waals surface area contributed by atoms with Crippen LogP contribution in [0.15, 0.2) is 36.5 Å². The number of benzene rings is 1. The molecule has 6 nitrogen and oxygen atoms in total. The molecule has 2 N–H and O–H groups in total. The number of nitrogens with one attached hydrogen (secondary N) is 2. The Labute approximate surface area is 147 Å². The minimum atomic E-state index is -0.383. The van der Waals surface area contributed by atoms with Gasteiger partial charge in [-0.2, -0.15) is 0 Å². The number of hydrogen-bond donors (Lipinski definition) is 2. The Kier molecular flexibility index (Phi) is 4.53. The number of nitrogens with zero attached hydrogens (tertiary/aromatic N) is 1. The Morgan fingerprint density at radius 2 is 2.12 bits per heavy atom. The van der Waals surface area contributed by atoms with Gasteiger partial charge in [-0.3, -0.25) is 4.79 Å². The molecule has 0 aliphatic carbocycles. The Balaban J connectivity index is 1.88. The minimum absolute atomic E-state index is 0.136. The number of aromatic nitrogens is 1. The average molecular weight is 341 g/mol. The molecule has 0 bridgehead atoms. The number of fused-ring (bicyclic) bond motifs is 1. The summed E-state index contributed by atoms with van der Waals surface area (Å²) in [5, 5.41) is 6.06. The number of amides is 1. The van der Waals surface area contributed by atoms with Crippen LogP contribution in [0.1, 0.15) is 42.2 Å². The third-order valence-electron chi connectivity index (χ3n) is 4.26. The van der Waals surface area contributed by atoms with Gasteiger partial charge in [0.15, 0.2) is 0 Å². The van der Waals surface area contributed by atoms with Crippen LogP contribution in [0.5, 0.6) is 11.5 Å². The summed E-state index contributed by atoms with van der Waals surface area (Å²) in [6, 6.07) is 8.99. The summed E-state index contributed by atoms with van der Waals surface area (Å²) in [6.07, 6.45) is 2.30. The molecular weight excluding hydrogens is 318 g/mol. The zero-order valence-electron chi connectivity index (χ0n) is 14.9. The van der Waals surface area contributed by atoms with Crippen molar-refractivity contribution in [2.24, 2.45) is 0 Å². The summed E-state index contributed by atoms with van der Waals surface area (Å²) < 4.78 is 11.3. The molecule has 1 aromatic carbocycles. The van der Waals surface area contributed by atoms with E-state index >= 15 is 0 Å². The number of carbonyl (C=O) groups excluding carboxylic acids is 1. The maximum absolute atomic E-state index is 12.7. The highest BCUT2D eigenvalue weighted by atomic mass is 16.5. The lowest BCUT2D eigenvalue weighted by Gasteiger charge is -2.38. The van der Waals surface area contributed by atoms with Gasteiger partial charge in [0.1, 0.15) is 22.9 Å². The van der Waals surface area contributed by atoms with Crippen LogP contribution in [-0.2, 0) is 0 Å². The summed E-state index contributed by atoms with van der Waals surface area (Å²) in [7, 11) is 3.40. The van der Waals surface area contributed by atoms with Crippen molar-refractivity contribution in [2.75, 3.05) is 19.5 Å². The molecule has 1 atom stereocenters.